The quantitative estimate of drug-likeness (QED) is 0.708. The smallest absolute Gasteiger partial charge is 0.303 e. The number of hydrogen-bond acceptors (Lipinski definition) is 4. The van der Waals surface area contributed by atoms with Crippen LogP contribution in [0.3, 0.4) is 0 Å². The van der Waals surface area contributed by atoms with E-state index in [0.717, 1.165) is 5.56 Å². The Hall–Kier alpha value is -3.09. The largest absolute Gasteiger partial charge is 0.494 e. The van der Waals surface area contributed by atoms with Gasteiger partial charge in [-0.1, -0.05) is 18.2 Å². The summed E-state index contributed by atoms with van der Waals surface area (Å²) in [6, 6.07) is 11.7. The zero-order chi connectivity index (χ0) is 18.2. The van der Waals surface area contributed by atoms with E-state index in [1.54, 1.807) is 31.3 Å². The van der Waals surface area contributed by atoms with Gasteiger partial charge < -0.3 is 19.7 Å². The highest BCUT2D eigenvalue weighted by Gasteiger charge is 2.09. The van der Waals surface area contributed by atoms with Crippen LogP contribution in [0.25, 0.3) is 0 Å². The number of ether oxygens (including phenoxy) is 1. The van der Waals surface area contributed by atoms with Crippen LogP contribution in [0.15, 0.2) is 47.3 Å². The van der Waals surface area contributed by atoms with Gasteiger partial charge in [0.2, 0.25) is 0 Å². The third kappa shape index (κ3) is 5.49. The van der Waals surface area contributed by atoms with Crippen LogP contribution in [0.1, 0.15) is 28.9 Å². The van der Waals surface area contributed by atoms with Crippen molar-refractivity contribution in [3.8, 4) is 5.75 Å². The standard InChI is InChI=1S/C18H20N2O5/c1-20-15(4-2-5-16(20)21)18(24)19-12-13-7-9-14(10-8-13)25-11-3-6-17(22)23/h2,4-5,7-10H,3,6,11-12H2,1H3,(H,19,24)(H,22,23). The number of rotatable bonds is 8. The minimum atomic E-state index is -0.842. The molecule has 1 heterocycles. The Morgan fingerprint density at radius 2 is 1.88 bits per heavy atom. The molecule has 2 N–H and O–H groups in total. The molecule has 0 bridgehead atoms. The topological polar surface area (TPSA) is 97.6 Å². The molecule has 0 aliphatic carbocycles. The van der Waals surface area contributed by atoms with Gasteiger partial charge in [0.1, 0.15) is 11.4 Å². The Morgan fingerprint density at radius 3 is 2.56 bits per heavy atom. The first kappa shape index (κ1) is 18.3. The molecule has 0 fully saturated rings. The van der Waals surface area contributed by atoms with E-state index >= 15 is 0 Å². The molecule has 0 saturated carbocycles. The van der Waals surface area contributed by atoms with Gasteiger partial charge >= 0.3 is 5.97 Å². The Bertz CT molecular complexity index is 796. The summed E-state index contributed by atoms with van der Waals surface area (Å²) in [7, 11) is 1.55. The number of carbonyl (C=O) groups excluding carboxylic acids is 1. The fourth-order valence-corrected chi connectivity index (χ4v) is 2.18. The number of amides is 1. The highest BCUT2D eigenvalue weighted by molar-refractivity contribution is 5.92. The molecular weight excluding hydrogens is 324 g/mol. The molecule has 1 amide bonds. The summed E-state index contributed by atoms with van der Waals surface area (Å²) in [5, 5.41) is 11.3. The van der Waals surface area contributed by atoms with E-state index in [1.807, 2.05) is 12.1 Å². The van der Waals surface area contributed by atoms with Gasteiger partial charge in [-0.3, -0.25) is 14.4 Å². The monoisotopic (exact) mass is 344 g/mol. The Morgan fingerprint density at radius 1 is 1.16 bits per heavy atom. The predicted molar refractivity (Wildman–Crippen MR) is 91.7 cm³/mol. The maximum Gasteiger partial charge on any atom is 0.303 e. The molecule has 2 aromatic rings. The van der Waals surface area contributed by atoms with Crippen molar-refractivity contribution in [2.24, 2.45) is 7.05 Å². The maximum absolute atomic E-state index is 12.1. The summed E-state index contributed by atoms with van der Waals surface area (Å²) in [4.78, 5) is 34.1. The van der Waals surface area contributed by atoms with E-state index < -0.39 is 5.97 Å². The molecular formula is C18H20N2O5. The Balaban J connectivity index is 1.85. The average molecular weight is 344 g/mol. The van der Waals surface area contributed by atoms with Crippen molar-refractivity contribution >= 4 is 11.9 Å². The number of pyridine rings is 1. The summed E-state index contributed by atoms with van der Waals surface area (Å²) < 4.78 is 6.74. The van der Waals surface area contributed by atoms with Gasteiger partial charge in [0.15, 0.2) is 0 Å². The zero-order valence-electron chi connectivity index (χ0n) is 13.9. The lowest BCUT2D eigenvalue weighted by Crippen LogP contribution is -2.30. The molecule has 1 aromatic heterocycles. The molecule has 1 aromatic carbocycles. The van der Waals surface area contributed by atoms with Crippen molar-refractivity contribution in [3.63, 3.8) is 0 Å². The minimum absolute atomic E-state index is 0.0755. The number of nitrogens with one attached hydrogen (secondary N) is 1. The fourth-order valence-electron chi connectivity index (χ4n) is 2.18. The molecule has 0 atom stereocenters. The minimum Gasteiger partial charge on any atom is -0.494 e. The fraction of sp³-hybridized carbons (Fsp3) is 0.278. The van der Waals surface area contributed by atoms with Crippen LogP contribution < -0.4 is 15.6 Å². The summed E-state index contributed by atoms with van der Waals surface area (Å²) in [5.74, 6) is -0.522. The number of nitrogens with zero attached hydrogens (tertiary/aromatic N) is 1. The van der Waals surface area contributed by atoms with Crippen molar-refractivity contribution in [1.82, 2.24) is 9.88 Å². The van der Waals surface area contributed by atoms with E-state index in [2.05, 4.69) is 5.32 Å². The van der Waals surface area contributed by atoms with Crippen molar-refractivity contribution in [2.45, 2.75) is 19.4 Å². The molecule has 7 nitrogen and oxygen atoms in total. The molecule has 25 heavy (non-hydrogen) atoms. The van der Waals surface area contributed by atoms with Crippen molar-refractivity contribution < 1.29 is 19.4 Å². The third-order valence-corrected chi connectivity index (χ3v) is 3.60. The van der Waals surface area contributed by atoms with Crippen molar-refractivity contribution in [2.75, 3.05) is 6.61 Å². The lowest BCUT2D eigenvalue weighted by Gasteiger charge is -2.10. The molecule has 7 heteroatoms. The molecule has 0 aliphatic heterocycles. The summed E-state index contributed by atoms with van der Waals surface area (Å²) in [6.45, 7) is 0.658. The van der Waals surface area contributed by atoms with Gasteiger partial charge in [0, 0.05) is 26.1 Å². The summed E-state index contributed by atoms with van der Waals surface area (Å²) in [5.41, 5.74) is 0.940. The van der Waals surface area contributed by atoms with Crippen molar-refractivity contribution in [1.29, 1.82) is 0 Å². The van der Waals surface area contributed by atoms with E-state index in [-0.39, 0.29) is 17.9 Å². The first-order chi connectivity index (χ1) is 12.0. The summed E-state index contributed by atoms with van der Waals surface area (Å²) in [6.07, 6.45) is 0.523. The van der Waals surface area contributed by atoms with Gasteiger partial charge in [-0.2, -0.15) is 0 Å². The number of carbonyl (C=O) groups is 2. The van der Waals surface area contributed by atoms with Gasteiger partial charge in [0.25, 0.3) is 11.5 Å². The molecule has 132 valence electrons. The van der Waals surface area contributed by atoms with E-state index in [1.165, 1.54) is 10.6 Å². The number of hydrogen-bond donors (Lipinski definition) is 2. The number of carboxylic acid groups (broad SMARTS) is 1. The van der Waals surface area contributed by atoms with Gasteiger partial charge in [-0.25, -0.2) is 0 Å². The van der Waals surface area contributed by atoms with Gasteiger partial charge in [0.05, 0.1) is 6.61 Å². The SMILES string of the molecule is Cn1c(C(=O)NCc2ccc(OCCCC(=O)O)cc2)cccc1=O. The predicted octanol–water partition coefficient (Wildman–Crippen LogP) is 1.56. The first-order valence-corrected chi connectivity index (χ1v) is 7.85. The first-order valence-electron chi connectivity index (χ1n) is 7.85. The van der Waals surface area contributed by atoms with Crippen LogP contribution in [0.2, 0.25) is 0 Å². The Labute approximate surface area is 144 Å². The van der Waals surface area contributed by atoms with Gasteiger partial charge in [-0.05, 0) is 30.2 Å². The molecule has 0 radical (unpaired) electrons. The second kappa shape index (κ2) is 8.68. The molecule has 0 spiro atoms. The lowest BCUT2D eigenvalue weighted by molar-refractivity contribution is -0.137. The molecule has 0 unspecified atom stereocenters. The van der Waals surface area contributed by atoms with Crippen LogP contribution in [0, 0.1) is 0 Å². The van der Waals surface area contributed by atoms with Crippen LogP contribution in [0.4, 0.5) is 0 Å². The zero-order valence-corrected chi connectivity index (χ0v) is 13.9. The van der Waals surface area contributed by atoms with Crippen LogP contribution in [0.5, 0.6) is 5.75 Å². The highest BCUT2D eigenvalue weighted by Crippen LogP contribution is 2.12. The van der Waals surface area contributed by atoms with E-state index in [9.17, 15) is 14.4 Å². The molecule has 0 aliphatic rings. The van der Waals surface area contributed by atoms with E-state index in [0.29, 0.717) is 31.0 Å². The maximum atomic E-state index is 12.1. The van der Waals surface area contributed by atoms with Crippen LogP contribution in [-0.4, -0.2) is 28.2 Å². The molecule has 0 saturated heterocycles. The normalized spacial score (nSPS) is 10.3. The van der Waals surface area contributed by atoms with Crippen LogP contribution >= 0.6 is 0 Å². The second-order valence-electron chi connectivity index (χ2n) is 5.48. The lowest BCUT2D eigenvalue weighted by atomic mass is 10.2. The highest BCUT2D eigenvalue weighted by atomic mass is 16.5. The number of aliphatic carboxylic acids is 1. The average Bonchev–Trinajstić information content (AvgIpc) is 2.60. The van der Waals surface area contributed by atoms with Crippen molar-refractivity contribution in [3.05, 3.63) is 64.1 Å². The number of benzene rings is 1. The number of carboxylic acids is 1. The van der Waals surface area contributed by atoms with Gasteiger partial charge in [-0.15, -0.1) is 0 Å². The third-order valence-electron chi connectivity index (χ3n) is 3.60. The van der Waals surface area contributed by atoms with Crippen LogP contribution in [-0.2, 0) is 18.4 Å². The van der Waals surface area contributed by atoms with E-state index in [4.69, 9.17) is 9.84 Å². The Kier molecular flexibility index (Phi) is 6.33. The second-order valence-corrected chi connectivity index (χ2v) is 5.48. The summed E-state index contributed by atoms with van der Waals surface area (Å²) >= 11 is 0. The number of aromatic nitrogens is 1. The molecule has 2 rings (SSSR count).